The van der Waals surface area contributed by atoms with Gasteiger partial charge in [0.15, 0.2) is 5.17 Å². The Hall–Kier alpha value is -1.86. The maximum atomic E-state index is 6.08. The minimum atomic E-state index is 0.569. The van der Waals surface area contributed by atoms with Crippen LogP contribution in [0.5, 0.6) is 0 Å². The molecule has 2 aliphatic rings. The van der Waals surface area contributed by atoms with E-state index < -0.39 is 0 Å². The Kier molecular flexibility index (Phi) is 4.28. The van der Waals surface area contributed by atoms with Gasteiger partial charge in [-0.2, -0.15) is 0 Å². The first kappa shape index (κ1) is 15.7. The van der Waals surface area contributed by atoms with Gasteiger partial charge in [0, 0.05) is 36.8 Å². The molecule has 0 amide bonds. The number of benzene rings is 1. The summed E-state index contributed by atoms with van der Waals surface area (Å²) in [5, 5.41) is 2.76. The van der Waals surface area contributed by atoms with Gasteiger partial charge in [-0.05, 0) is 12.1 Å². The lowest BCUT2D eigenvalue weighted by Crippen LogP contribution is -2.47. The largest absolute Gasteiger partial charge is 0.383 e. The second-order valence-corrected chi connectivity index (χ2v) is 7.76. The fraction of sp³-hybridized carbons (Fsp3) is 0.471. The van der Waals surface area contributed by atoms with Crippen molar-refractivity contribution in [1.82, 2.24) is 19.8 Å². The standard InChI is InChI=1S/C17H22N6S/c1-12-10-19-17(24-12)23-8-6-22(7-9-23)11-15-20-14-5-3-2-4-13(14)16(18)21-15/h2-5,12H,6-11H2,1H3,(H2,18,20,21)/t12-/m1/s1. The van der Waals surface area contributed by atoms with E-state index in [1.165, 1.54) is 5.17 Å². The molecule has 24 heavy (non-hydrogen) atoms. The highest BCUT2D eigenvalue weighted by molar-refractivity contribution is 8.14. The van der Waals surface area contributed by atoms with E-state index in [9.17, 15) is 0 Å². The smallest absolute Gasteiger partial charge is 0.159 e. The van der Waals surface area contributed by atoms with Gasteiger partial charge in [-0.15, -0.1) is 0 Å². The number of fused-ring (bicyclic) bond motifs is 1. The summed E-state index contributed by atoms with van der Waals surface area (Å²) in [6.45, 7) is 7.97. The molecule has 0 aliphatic carbocycles. The van der Waals surface area contributed by atoms with Crippen molar-refractivity contribution in [3.05, 3.63) is 30.1 Å². The van der Waals surface area contributed by atoms with E-state index in [1.54, 1.807) is 0 Å². The van der Waals surface area contributed by atoms with Crippen molar-refractivity contribution in [2.75, 3.05) is 38.5 Å². The SMILES string of the molecule is C[C@@H]1CN=C(N2CCN(Cc3nc(N)c4ccccc4n3)CC2)S1. The molecule has 6 nitrogen and oxygen atoms in total. The maximum absolute atomic E-state index is 6.08. The van der Waals surface area contributed by atoms with Crippen molar-refractivity contribution in [3.8, 4) is 0 Å². The highest BCUT2D eigenvalue weighted by Crippen LogP contribution is 2.24. The van der Waals surface area contributed by atoms with E-state index in [-0.39, 0.29) is 0 Å². The van der Waals surface area contributed by atoms with Crippen LogP contribution in [-0.2, 0) is 6.54 Å². The predicted octanol–water partition coefficient (Wildman–Crippen LogP) is 1.82. The average Bonchev–Trinajstić information content (AvgIpc) is 3.02. The molecule has 1 aromatic carbocycles. The van der Waals surface area contributed by atoms with Crippen LogP contribution >= 0.6 is 11.8 Å². The monoisotopic (exact) mass is 342 g/mol. The summed E-state index contributed by atoms with van der Waals surface area (Å²) in [5.41, 5.74) is 7.00. The van der Waals surface area contributed by atoms with Gasteiger partial charge in [0.2, 0.25) is 0 Å². The number of hydrogen-bond acceptors (Lipinski definition) is 7. The summed E-state index contributed by atoms with van der Waals surface area (Å²) in [4.78, 5) is 18.6. The number of thioether (sulfide) groups is 1. The second kappa shape index (κ2) is 6.57. The summed E-state index contributed by atoms with van der Waals surface area (Å²) in [6.07, 6.45) is 0. The fourth-order valence-electron chi connectivity index (χ4n) is 3.15. The van der Waals surface area contributed by atoms with Crippen LogP contribution in [0.1, 0.15) is 12.7 Å². The van der Waals surface area contributed by atoms with Crippen molar-refractivity contribution in [3.63, 3.8) is 0 Å². The molecule has 1 aromatic heterocycles. The van der Waals surface area contributed by atoms with Gasteiger partial charge >= 0.3 is 0 Å². The summed E-state index contributed by atoms with van der Waals surface area (Å²) < 4.78 is 0. The first-order valence-electron chi connectivity index (χ1n) is 8.38. The van der Waals surface area contributed by atoms with Crippen molar-refractivity contribution < 1.29 is 0 Å². The van der Waals surface area contributed by atoms with Crippen LogP contribution in [0.3, 0.4) is 0 Å². The molecule has 7 heteroatoms. The molecular weight excluding hydrogens is 320 g/mol. The first-order chi connectivity index (χ1) is 11.7. The van der Waals surface area contributed by atoms with Crippen molar-refractivity contribution in [2.24, 2.45) is 4.99 Å². The molecule has 2 N–H and O–H groups in total. The van der Waals surface area contributed by atoms with E-state index >= 15 is 0 Å². The number of nitrogen functional groups attached to an aromatic ring is 1. The second-order valence-electron chi connectivity index (χ2n) is 6.36. The highest BCUT2D eigenvalue weighted by atomic mass is 32.2. The average molecular weight is 342 g/mol. The van der Waals surface area contributed by atoms with Gasteiger partial charge in [0.1, 0.15) is 11.6 Å². The molecule has 0 unspecified atom stereocenters. The fourth-order valence-corrected chi connectivity index (χ4v) is 4.14. The Labute approximate surface area is 146 Å². The highest BCUT2D eigenvalue weighted by Gasteiger charge is 2.25. The zero-order chi connectivity index (χ0) is 16.5. The summed E-state index contributed by atoms with van der Waals surface area (Å²) in [5.74, 6) is 1.38. The van der Waals surface area contributed by atoms with Crippen LogP contribution in [0.25, 0.3) is 10.9 Å². The molecule has 3 heterocycles. The number of anilines is 1. The third-order valence-corrected chi connectivity index (χ3v) is 5.63. The molecule has 1 atom stereocenters. The third kappa shape index (κ3) is 3.18. The van der Waals surface area contributed by atoms with E-state index in [1.807, 2.05) is 36.0 Å². The van der Waals surface area contributed by atoms with E-state index in [0.717, 1.165) is 56.0 Å². The summed E-state index contributed by atoms with van der Waals surface area (Å²) in [7, 11) is 0. The van der Waals surface area contributed by atoms with Crippen molar-refractivity contribution in [2.45, 2.75) is 18.7 Å². The number of piperazine rings is 1. The van der Waals surface area contributed by atoms with Crippen LogP contribution in [0, 0.1) is 0 Å². The molecule has 126 valence electrons. The number of rotatable bonds is 2. The Morgan fingerprint density at radius 3 is 2.71 bits per heavy atom. The van der Waals surface area contributed by atoms with Gasteiger partial charge in [0.25, 0.3) is 0 Å². The molecule has 1 saturated heterocycles. The van der Waals surface area contributed by atoms with Crippen LogP contribution < -0.4 is 5.73 Å². The number of aliphatic imine (C=N–C) groups is 1. The van der Waals surface area contributed by atoms with Gasteiger partial charge in [-0.25, -0.2) is 9.97 Å². The maximum Gasteiger partial charge on any atom is 0.159 e. The normalized spacial score (nSPS) is 22.1. The number of amidine groups is 1. The quantitative estimate of drug-likeness (QED) is 0.898. The zero-order valence-electron chi connectivity index (χ0n) is 13.9. The van der Waals surface area contributed by atoms with E-state index in [2.05, 4.69) is 31.7 Å². The first-order valence-corrected chi connectivity index (χ1v) is 9.26. The Balaban J connectivity index is 1.40. The number of nitrogens with zero attached hydrogens (tertiary/aromatic N) is 5. The number of nitrogens with two attached hydrogens (primary N) is 1. The van der Waals surface area contributed by atoms with Gasteiger partial charge in [-0.3, -0.25) is 9.89 Å². The Morgan fingerprint density at radius 2 is 1.96 bits per heavy atom. The van der Waals surface area contributed by atoms with Crippen LogP contribution in [0.4, 0.5) is 5.82 Å². The molecule has 2 aromatic rings. The molecular formula is C17H22N6S. The van der Waals surface area contributed by atoms with Gasteiger partial charge < -0.3 is 10.6 Å². The molecule has 2 aliphatic heterocycles. The van der Waals surface area contributed by atoms with Crippen LogP contribution in [-0.4, -0.2) is 62.9 Å². The third-order valence-electron chi connectivity index (χ3n) is 4.48. The van der Waals surface area contributed by atoms with Crippen molar-refractivity contribution >= 4 is 33.7 Å². The van der Waals surface area contributed by atoms with E-state index in [4.69, 9.17) is 5.73 Å². The minimum absolute atomic E-state index is 0.569. The molecule has 0 radical (unpaired) electrons. The lowest BCUT2D eigenvalue weighted by molar-refractivity contribution is 0.174. The zero-order valence-corrected chi connectivity index (χ0v) is 14.7. The summed E-state index contributed by atoms with van der Waals surface area (Å²) >= 11 is 1.90. The molecule has 0 saturated carbocycles. The van der Waals surface area contributed by atoms with Gasteiger partial charge in [0.05, 0.1) is 18.6 Å². The van der Waals surface area contributed by atoms with Crippen LogP contribution in [0.15, 0.2) is 29.3 Å². The summed E-state index contributed by atoms with van der Waals surface area (Å²) in [6, 6.07) is 7.91. The number of para-hydroxylation sites is 1. The Bertz CT molecular complexity index is 769. The predicted molar refractivity (Wildman–Crippen MR) is 100 cm³/mol. The van der Waals surface area contributed by atoms with Gasteiger partial charge in [-0.1, -0.05) is 30.8 Å². The molecule has 0 spiro atoms. The number of hydrogen-bond donors (Lipinski definition) is 1. The van der Waals surface area contributed by atoms with Crippen molar-refractivity contribution in [1.29, 1.82) is 0 Å². The molecule has 1 fully saturated rings. The number of aromatic nitrogens is 2. The lowest BCUT2D eigenvalue weighted by atomic mass is 10.2. The molecule has 4 rings (SSSR count). The Morgan fingerprint density at radius 1 is 1.17 bits per heavy atom. The topological polar surface area (TPSA) is 70.6 Å². The minimum Gasteiger partial charge on any atom is -0.383 e. The molecule has 0 bridgehead atoms. The van der Waals surface area contributed by atoms with E-state index in [0.29, 0.717) is 11.1 Å². The van der Waals surface area contributed by atoms with Crippen LogP contribution in [0.2, 0.25) is 0 Å². The lowest BCUT2D eigenvalue weighted by Gasteiger charge is -2.35.